The lowest BCUT2D eigenvalue weighted by atomic mass is 10.1. The summed E-state index contributed by atoms with van der Waals surface area (Å²) in [5.41, 5.74) is 4.86. The van der Waals surface area contributed by atoms with Gasteiger partial charge in [-0.05, 0) is 79.7 Å². The van der Waals surface area contributed by atoms with Crippen LogP contribution in [-0.4, -0.2) is 34.3 Å². The Kier molecular flexibility index (Phi) is 6.68. The van der Waals surface area contributed by atoms with E-state index in [1.807, 2.05) is 29.2 Å². The van der Waals surface area contributed by atoms with Crippen LogP contribution in [-0.2, 0) is 17.7 Å². The molecule has 0 spiro atoms. The molecule has 0 aliphatic carbocycles. The smallest absolute Gasteiger partial charge is 0.253 e. The summed E-state index contributed by atoms with van der Waals surface area (Å²) >= 11 is 5.75. The number of benzene rings is 2. The Balaban J connectivity index is 1.60. The van der Waals surface area contributed by atoms with Gasteiger partial charge >= 0.3 is 0 Å². The van der Waals surface area contributed by atoms with Crippen LogP contribution in [0.4, 0.5) is 5.69 Å². The summed E-state index contributed by atoms with van der Waals surface area (Å²) in [6, 6.07) is 16.3. The summed E-state index contributed by atoms with van der Waals surface area (Å²) in [4.78, 5) is 17.9. The van der Waals surface area contributed by atoms with Crippen molar-refractivity contribution in [2.24, 2.45) is 0 Å². The Morgan fingerprint density at radius 2 is 2.03 bits per heavy atom. The SMILES string of the molecule is CCc1ccc2[nH]c(=O)c(CN(C[C@@H]3CCCO3)C(=S)Nc3ccc(C)cc3)cc2c1. The van der Waals surface area contributed by atoms with Gasteiger partial charge in [0.15, 0.2) is 5.11 Å². The second-order valence-corrected chi connectivity index (χ2v) is 8.60. The minimum Gasteiger partial charge on any atom is -0.376 e. The number of anilines is 1. The molecule has 1 fully saturated rings. The van der Waals surface area contributed by atoms with Gasteiger partial charge in [-0.1, -0.05) is 30.7 Å². The molecule has 1 saturated heterocycles. The highest BCUT2D eigenvalue weighted by Gasteiger charge is 2.22. The van der Waals surface area contributed by atoms with E-state index in [1.54, 1.807) is 0 Å². The molecular weight excluding hydrogens is 406 g/mol. The minimum atomic E-state index is -0.0766. The van der Waals surface area contributed by atoms with Gasteiger partial charge in [-0.3, -0.25) is 4.79 Å². The predicted octanol–water partition coefficient (Wildman–Crippen LogP) is 4.78. The fourth-order valence-corrected chi connectivity index (χ4v) is 4.19. The van der Waals surface area contributed by atoms with Crippen molar-refractivity contribution >= 4 is 33.9 Å². The van der Waals surface area contributed by atoms with Crippen molar-refractivity contribution in [2.45, 2.75) is 45.8 Å². The largest absolute Gasteiger partial charge is 0.376 e. The van der Waals surface area contributed by atoms with Crippen LogP contribution < -0.4 is 10.9 Å². The Labute approximate surface area is 188 Å². The van der Waals surface area contributed by atoms with E-state index < -0.39 is 0 Å². The number of rotatable bonds is 6. The van der Waals surface area contributed by atoms with Gasteiger partial charge in [-0.2, -0.15) is 0 Å². The fraction of sp³-hybridized carbons (Fsp3) is 0.360. The number of H-pyrrole nitrogens is 1. The highest BCUT2D eigenvalue weighted by Crippen LogP contribution is 2.19. The number of aromatic amines is 1. The highest BCUT2D eigenvalue weighted by molar-refractivity contribution is 7.80. The molecule has 1 atom stereocenters. The topological polar surface area (TPSA) is 57.4 Å². The van der Waals surface area contributed by atoms with E-state index in [9.17, 15) is 4.79 Å². The van der Waals surface area contributed by atoms with Gasteiger partial charge in [0.05, 0.1) is 12.6 Å². The van der Waals surface area contributed by atoms with Gasteiger partial charge in [0.1, 0.15) is 0 Å². The first-order valence-corrected chi connectivity index (χ1v) is 11.3. The minimum absolute atomic E-state index is 0.0766. The van der Waals surface area contributed by atoms with Crippen molar-refractivity contribution in [1.29, 1.82) is 0 Å². The normalized spacial score (nSPS) is 15.9. The van der Waals surface area contributed by atoms with Gasteiger partial charge < -0.3 is 19.9 Å². The molecule has 2 aromatic carbocycles. The van der Waals surface area contributed by atoms with Crippen LogP contribution >= 0.6 is 12.2 Å². The maximum Gasteiger partial charge on any atom is 0.253 e. The Bertz CT molecular complexity index is 1120. The van der Waals surface area contributed by atoms with Crippen LogP contribution in [0.3, 0.4) is 0 Å². The van der Waals surface area contributed by atoms with Crippen LogP contribution in [0.25, 0.3) is 10.9 Å². The number of ether oxygens (including phenoxy) is 1. The molecule has 0 bridgehead atoms. The third-order valence-electron chi connectivity index (χ3n) is 5.79. The van der Waals surface area contributed by atoms with Crippen molar-refractivity contribution in [1.82, 2.24) is 9.88 Å². The monoisotopic (exact) mass is 435 g/mol. The first-order chi connectivity index (χ1) is 15.0. The zero-order valence-electron chi connectivity index (χ0n) is 18.1. The van der Waals surface area contributed by atoms with E-state index in [1.165, 1.54) is 11.1 Å². The van der Waals surface area contributed by atoms with Crippen LogP contribution in [0.1, 0.15) is 36.5 Å². The molecule has 31 heavy (non-hydrogen) atoms. The molecule has 1 aromatic heterocycles. The van der Waals surface area contributed by atoms with E-state index >= 15 is 0 Å². The van der Waals surface area contributed by atoms with Crippen molar-refractivity contribution in [3.63, 3.8) is 0 Å². The Hall–Kier alpha value is -2.70. The van der Waals surface area contributed by atoms with E-state index in [0.717, 1.165) is 42.5 Å². The molecule has 162 valence electrons. The Morgan fingerprint density at radius 1 is 1.23 bits per heavy atom. The first-order valence-electron chi connectivity index (χ1n) is 10.9. The molecule has 0 saturated carbocycles. The molecular formula is C25H29N3O2S. The lowest BCUT2D eigenvalue weighted by molar-refractivity contribution is 0.0904. The Morgan fingerprint density at radius 3 is 2.74 bits per heavy atom. The number of nitrogens with zero attached hydrogens (tertiary/aromatic N) is 1. The standard InChI is InChI=1S/C25H29N3O2S/c1-3-18-8-11-23-19(13-18)14-20(24(29)27-23)15-28(16-22-5-4-12-30-22)25(31)26-21-9-6-17(2)7-10-21/h6-11,13-14,22H,3-5,12,15-16H2,1-2H3,(H,26,31)(H,27,29)/t22-/m0/s1. The van der Waals surface area contributed by atoms with Gasteiger partial charge in [-0.25, -0.2) is 0 Å². The number of pyridine rings is 1. The quantitative estimate of drug-likeness (QED) is 0.546. The number of hydrogen-bond donors (Lipinski definition) is 2. The summed E-state index contributed by atoms with van der Waals surface area (Å²) in [7, 11) is 0. The van der Waals surface area contributed by atoms with Gasteiger partial charge in [0.2, 0.25) is 0 Å². The average Bonchev–Trinajstić information content (AvgIpc) is 3.28. The second kappa shape index (κ2) is 9.62. The lowest BCUT2D eigenvalue weighted by Gasteiger charge is -2.28. The summed E-state index contributed by atoms with van der Waals surface area (Å²) in [6.07, 6.45) is 3.16. The number of fused-ring (bicyclic) bond motifs is 1. The number of aryl methyl sites for hydroxylation is 2. The van der Waals surface area contributed by atoms with E-state index in [-0.39, 0.29) is 11.7 Å². The van der Waals surface area contributed by atoms with Crippen LogP contribution in [0.2, 0.25) is 0 Å². The maximum absolute atomic E-state index is 12.8. The number of thiocarbonyl (C=S) groups is 1. The number of hydrogen-bond acceptors (Lipinski definition) is 3. The third-order valence-corrected chi connectivity index (χ3v) is 6.15. The summed E-state index contributed by atoms with van der Waals surface area (Å²) in [6.45, 7) is 6.06. The van der Waals surface area contributed by atoms with E-state index in [4.69, 9.17) is 17.0 Å². The van der Waals surface area contributed by atoms with Gasteiger partial charge in [0, 0.05) is 29.9 Å². The summed E-state index contributed by atoms with van der Waals surface area (Å²) in [5, 5.41) is 4.97. The molecule has 1 aliphatic heterocycles. The molecule has 0 unspecified atom stereocenters. The van der Waals surface area contributed by atoms with Crippen molar-refractivity contribution in [2.75, 3.05) is 18.5 Å². The molecule has 6 heteroatoms. The average molecular weight is 436 g/mol. The van der Waals surface area contributed by atoms with E-state index in [2.05, 4.69) is 48.4 Å². The molecule has 0 radical (unpaired) electrons. The number of aromatic nitrogens is 1. The molecule has 3 aromatic rings. The lowest BCUT2D eigenvalue weighted by Crippen LogP contribution is -2.40. The third kappa shape index (κ3) is 5.32. The zero-order chi connectivity index (χ0) is 21.8. The van der Waals surface area contributed by atoms with Crippen molar-refractivity contribution < 1.29 is 4.74 Å². The number of nitrogens with one attached hydrogen (secondary N) is 2. The van der Waals surface area contributed by atoms with Crippen molar-refractivity contribution in [3.05, 3.63) is 75.6 Å². The summed E-state index contributed by atoms with van der Waals surface area (Å²) in [5.74, 6) is 0. The molecule has 0 amide bonds. The van der Waals surface area contributed by atoms with Crippen molar-refractivity contribution in [3.8, 4) is 0 Å². The van der Waals surface area contributed by atoms with E-state index in [0.29, 0.717) is 23.8 Å². The second-order valence-electron chi connectivity index (χ2n) is 8.21. The van der Waals surface area contributed by atoms with Crippen LogP contribution in [0.15, 0.2) is 53.3 Å². The highest BCUT2D eigenvalue weighted by atomic mass is 32.1. The first kappa shape index (κ1) is 21.5. The van der Waals surface area contributed by atoms with Crippen LogP contribution in [0.5, 0.6) is 0 Å². The van der Waals surface area contributed by atoms with Gasteiger partial charge in [-0.15, -0.1) is 0 Å². The fourth-order valence-electron chi connectivity index (χ4n) is 3.94. The summed E-state index contributed by atoms with van der Waals surface area (Å²) < 4.78 is 5.85. The maximum atomic E-state index is 12.8. The molecule has 2 N–H and O–H groups in total. The van der Waals surface area contributed by atoms with Crippen LogP contribution in [0, 0.1) is 6.92 Å². The molecule has 2 heterocycles. The van der Waals surface area contributed by atoms with Gasteiger partial charge in [0.25, 0.3) is 5.56 Å². The zero-order valence-corrected chi connectivity index (χ0v) is 18.9. The predicted molar refractivity (Wildman–Crippen MR) is 131 cm³/mol. The molecule has 4 rings (SSSR count). The molecule has 1 aliphatic rings. The molecule has 5 nitrogen and oxygen atoms in total.